The summed E-state index contributed by atoms with van der Waals surface area (Å²) in [6.07, 6.45) is 0.943. The van der Waals surface area contributed by atoms with Crippen molar-refractivity contribution in [2.45, 2.75) is 19.4 Å². The van der Waals surface area contributed by atoms with Crippen LogP contribution in [-0.4, -0.2) is 18.4 Å². The number of nitrogens with one attached hydrogen (secondary N) is 1. The average Bonchev–Trinajstić information content (AvgIpc) is 1.65. The molecule has 40 valence electrons. The van der Waals surface area contributed by atoms with Crippen molar-refractivity contribution in [3.63, 3.8) is 0 Å². The van der Waals surface area contributed by atoms with Gasteiger partial charge < -0.3 is 5.32 Å². The minimum Gasteiger partial charge on any atom is -0.300 e. The predicted molar refractivity (Wildman–Crippen MR) is 27.1 cm³/mol. The first-order chi connectivity index (χ1) is 3.34. The van der Waals surface area contributed by atoms with Crippen LogP contribution in [0.2, 0.25) is 0 Å². The maximum Gasteiger partial charge on any atom is 0.163 e. The van der Waals surface area contributed by atoms with Crippen molar-refractivity contribution >= 4 is 5.78 Å². The van der Waals surface area contributed by atoms with E-state index in [0.717, 1.165) is 6.42 Å². The van der Waals surface area contributed by atoms with Crippen molar-refractivity contribution in [2.24, 2.45) is 0 Å². The van der Waals surface area contributed by atoms with Crippen molar-refractivity contribution < 1.29 is 4.79 Å². The minimum atomic E-state index is 0.194. The van der Waals surface area contributed by atoms with Gasteiger partial charge >= 0.3 is 0 Å². The van der Waals surface area contributed by atoms with Gasteiger partial charge in [0, 0.05) is 0 Å². The molecule has 0 unspecified atom stereocenters. The Labute approximate surface area is 42.9 Å². The first kappa shape index (κ1) is 4.78. The van der Waals surface area contributed by atoms with E-state index in [1.165, 1.54) is 0 Å². The van der Waals surface area contributed by atoms with E-state index < -0.39 is 0 Å². The molecule has 1 fully saturated rings. The molecule has 1 atom stereocenters. The predicted octanol–water partition coefficient (Wildman–Crippen LogP) is -0.0627. The molecule has 0 amide bonds. The van der Waals surface area contributed by atoms with E-state index in [9.17, 15) is 4.79 Å². The molecule has 1 aliphatic heterocycles. The second-order valence-electron chi connectivity index (χ2n) is 1.81. The lowest BCUT2D eigenvalue weighted by atomic mass is 10.0. The number of Topliss-reactive ketones (excluding diaryl/α,β-unsaturated/α-hetero) is 1. The number of carbonyl (C=O) groups is 1. The normalized spacial score (nSPS) is 29.9. The highest BCUT2D eigenvalue weighted by atomic mass is 16.1. The molecule has 0 bridgehead atoms. The fourth-order valence-electron chi connectivity index (χ4n) is 0.702. The van der Waals surface area contributed by atoms with Gasteiger partial charge in [-0.15, -0.1) is 0 Å². The lowest BCUT2D eigenvalue weighted by Gasteiger charge is -2.23. The van der Waals surface area contributed by atoms with Crippen LogP contribution in [0, 0.1) is 0 Å². The maximum atomic E-state index is 10.4. The van der Waals surface area contributed by atoms with Gasteiger partial charge in [-0.25, -0.2) is 0 Å². The zero-order valence-corrected chi connectivity index (χ0v) is 4.40. The van der Waals surface area contributed by atoms with Crippen LogP contribution >= 0.6 is 0 Å². The molecule has 1 saturated heterocycles. The summed E-state index contributed by atoms with van der Waals surface area (Å²) in [6.45, 7) is 2.60. The van der Waals surface area contributed by atoms with E-state index in [4.69, 9.17) is 0 Å². The summed E-state index contributed by atoms with van der Waals surface area (Å²) in [6, 6.07) is 0.194. The summed E-state index contributed by atoms with van der Waals surface area (Å²) in [5.41, 5.74) is 0. The molecule has 1 N–H and O–H groups in total. The molecule has 0 aromatic heterocycles. The Morgan fingerprint density at radius 1 is 2.00 bits per heavy atom. The summed E-state index contributed by atoms with van der Waals surface area (Å²) in [5.74, 6) is 0.363. The van der Waals surface area contributed by atoms with E-state index in [1.54, 1.807) is 0 Å². The molecule has 7 heavy (non-hydrogen) atoms. The highest BCUT2D eigenvalue weighted by Gasteiger charge is 2.24. The van der Waals surface area contributed by atoms with Gasteiger partial charge in [0.2, 0.25) is 0 Å². The summed E-state index contributed by atoms with van der Waals surface area (Å²) < 4.78 is 0. The van der Waals surface area contributed by atoms with E-state index in [0.29, 0.717) is 12.3 Å². The SMILES string of the molecule is CC[C@H]1NCC1=O. The Bertz CT molecular complexity index is 88.1. The fourth-order valence-corrected chi connectivity index (χ4v) is 0.702. The Hall–Kier alpha value is -0.370. The number of ketones is 1. The third-order valence-electron chi connectivity index (χ3n) is 1.32. The zero-order valence-electron chi connectivity index (χ0n) is 4.40. The average molecular weight is 99.1 g/mol. The van der Waals surface area contributed by atoms with E-state index in [2.05, 4.69) is 5.32 Å². The van der Waals surface area contributed by atoms with Gasteiger partial charge in [-0.3, -0.25) is 4.79 Å². The van der Waals surface area contributed by atoms with Gasteiger partial charge in [-0.1, -0.05) is 6.92 Å². The molecular weight excluding hydrogens is 90.1 g/mol. The summed E-state index contributed by atoms with van der Waals surface area (Å²) in [7, 11) is 0. The largest absolute Gasteiger partial charge is 0.300 e. The summed E-state index contributed by atoms with van der Waals surface area (Å²) >= 11 is 0. The number of hydrogen-bond donors (Lipinski definition) is 1. The molecule has 0 radical (unpaired) electrons. The van der Waals surface area contributed by atoms with Crippen LogP contribution < -0.4 is 5.32 Å². The summed E-state index contributed by atoms with van der Waals surface area (Å²) in [5, 5.41) is 3.00. The topological polar surface area (TPSA) is 29.1 Å². The molecule has 2 heteroatoms. The van der Waals surface area contributed by atoms with Crippen LogP contribution in [0.1, 0.15) is 13.3 Å². The lowest BCUT2D eigenvalue weighted by Crippen LogP contribution is -2.53. The molecule has 1 aliphatic rings. The Kier molecular flexibility index (Phi) is 1.11. The van der Waals surface area contributed by atoms with Crippen molar-refractivity contribution in [3.05, 3.63) is 0 Å². The van der Waals surface area contributed by atoms with Crippen molar-refractivity contribution in [3.8, 4) is 0 Å². The van der Waals surface area contributed by atoms with Gasteiger partial charge in [0.25, 0.3) is 0 Å². The van der Waals surface area contributed by atoms with Crippen LogP contribution in [0.4, 0.5) is 0 Å². The van der Waals surface area contributed by atoms with Crippen molar-refractivity contribution in [1.29, 1.82) is 0 Å². The Morgan fingerprint density at radius 2 is 2.71 bits per heavy atom. The van der Waals surface area contributed by atoms with Crippen molar-refractivity contribution in [1.82, 2.24) is 5.32 Å². The zero-order chi connectivity index (χ0) is 5.28. The fraction of sp³-hybridized carbons (Fsp3) is 0.800. The molecule has 1 heterocycles. The Morgan fingerprint density at radius 3 is 2.71 bits per heavy atom. The smallest absolute Gasteiger partial charge is 0.163 e. The van der Waals surface area contributed by atoms with Crippen LogP contribution in [-0.2, 0) is 4.79 Å². The highest BCUT2D eigenvalue weighted by molar-refractivity contribution is 5.91. The molecule has 0 aromatic carbocycles. The highest BCUT2D eigenvalue weighted by Crippen LogP contribution is 1.99. The standard InChI is InChI=1S/C5H9NO/c1-2-4-5(7)3-6-4/h4,6H,2-3H2,1H3/t4-/m1/s1. The quantitative estimate of drug-likeness (QED) is 0.499. The molecule has 0 saturated carbocycles. The maximum absolute atomic E-state index is 10.4. The molecule has 0 spiro atoms. The third-order valence-corrected chi connectivity index (χ3v) is 1.32. The lowest BCUT2D eigenvalue weighted by molar-refractivity contribution is -0.125. The molecule has 0 aromatic rings. The first-order valence-corrected chi connectivity index (χ1v) is 2.60. The number of hydrogen-bond acceptors (Lipinski definition) is 2. The number of rotatable bonds is 1. The Balaban J connectivity index is 2.29. The second kappa shape index (κ2) is 1.62. The monoisotopic (exact) mass is 99.1 g/mol. The van der Waals surface area contributed by atoms with Gasteiger partial charge in [-0.05, 0) is 6.42 Å². The van der Waals surface area contributed by atoms with Crippen LogP contribution in [0.3, 0.4) is 0 Å². The molecule has 0 aliphatic carbocycles. The van der Waals surface area contributed by atoms with Gasteiger partial charge in [-0.2, -0.15) is 0 Å². The van der Waals surface area contributed by atoms with Gasteiger partial charge in [0.1, 0.15) is 0 Å². The summed E-state index contributed by atoms with van der Waals surface area (Å²) in [4.78, 5) is 10.4. The third kappa shape index (κ3) is 0.657. The van der Waals surface area contributed by atoms with E-state index in [1.807, 2.05) is 6.92 Å². The van der Waals surface area contributed by atoms with Gasteiger partial charge in [0.05, 0.1) is 12.6 Å². The van der Waals surface area contributed by atoms with E-state index in [-0.39, 0.29) is 6.04 Å². The van der Waals surface area contributed by atoms with Crippen molar-refractivity contribution in [2.75, 3.05) is 6.54 Å². The van der Waals surface area contributed by atoms with Gasteiger partial charge in [0.15, 0.2) is 5.78 Å². The van der Waals surface area contributed by atoms with E-state index >= 15 is 0 Å². The minimum absolute atomic E-state index is 0.194. The molecule has 1 rings (SSSR count). The van der Waals surface area contributed by atoms with Crippen LogP contribution in [0.15, 0.2) is 0 Å². The van der Waals surface area contributed by atoms with Crippen LogP contribution in [0.5, 0.6) is 0 Å². The second-order valence-corrected chi connectivity index (χ2v) is 1.81. The molecule has 2 nitrogen and oxygen atoms in total. The first-order valence-electron chi connectivity index (χ1n) is 2.60. The van der Waals surface area contributed by atoms with Crippen LogP contribution in [0.25, 0.3) is 0 Å². The number of carbonyl (C=O) groups excluding carboxylic acids is 1. The molecular formula is C5H9NO.